The van der Waals surface area contributed by atoms with Crippen molar-refractivity contribution in [3.05, 3.63) is 0 Å². The molecule has 0 aliphatic heterocycles. The van der Waals surface area contributed by atoms with Crippen LogP contribution in [-0.4, -0.2) is 96.7 Å². The summed E-state index contributed by atoms with van der Waals surface area (Å²) in [5.41, 5.74) is 0. The highest BCUT2D eigenvalue weighted by atomic mass is 31.2. The molecule has 5 atom stereocenters. The minimum Gasteiger partial charge on any atom is -0.462 e. The number of rotatable bonds is 80. The molecule has 0 aliphatic carbocycles. The predicted octanol–water partition coefficient (Wildman–Crippen LogP) is 24.3. The van der Waals surface area contributed by atoms with E-state index in [0.29, 0.717) is 25.7 Å². The van der Waals surface area contributed by atoms with Gasteiger partial charge in [0.05, 0.1) is 26.4 Å². The van der Waals surface area contributed by atoms with Gasteiger partial charge in [0.2, 0.25) is 0 Å². The second-order valence-corrected chi connectivity index (χ2v) is 33.0. The van der Waals surface area contributed by atoms with Gasteiger partial charge in [-0.3, -0.25) is 37.3 Å². The minimum absolute atomic E-state index is 0.106. The summed E-state index contributed by atoms with van der Waals surface area (Å²) in [5, 5.41) is 10.6. The molecular formula is C81H158O17P2. The van der Waals surface area contributed by atoms with Gasteiger partial charge in [0.1, 0.15) is 19.3 Å². The number of hydrogen-bond donors (Lipinski definition) is 3. The summed E-state index contributed by atoms with van der Waals surface area (Å²) in [7, 11) is -9.92. The average Bonchev–Trinajstić information content (AvgIpc) is 0.991. The molecule has 0 aromatic rings. The van der Waals surface area contributed by atoms with Crippen LogP contribution in [0.3, 0.4) is 0 Å². The zero-order valence-electron chi connectivity index (χ0n) is 65.5. The van der Waals surface area contributed by atoms with E-state index in [-0.39, 0.29) is 25.7 Å². The van der Waals surface area contributed by atoms with Crippen molar-refractivity contribution in [1.82, 2.24) is 0 Å². The highest BCUT2D eigenvalue weighted by Gasteiger charge is 2.30. The first-order valence-corrected chi connectivity index (χ1v) is 45.0. The van der Waals surface area contributed by atoms with E-state index in [4.69, 9.17) is 37.0 Å². The molecule has 17 nitrogen and oxygen atoms in total. The molecule has 0 spiro atoms. The third kappa shape index (κ3) is 74.3. The van der Waals surface area contributed by atoms with Gasteiger partial charge >= 0.3 is 39.5 Å². The number of hydrogen-bond acceptors (Lipinski definition) is 15. The van der Waals surface area contributed by atoms with Gasteiger partial charge in [-0.05, 0) is 37.5 Å². The summed E-state index contributed by atoms with van der Waals surface area (Å²) in [6.07, 6.45) is 62.5. The fourth-order valence-corrected chi connectivity index (χ4v) is 14.1. The number of carbonyl (C=O) groups is 4. The van der Waals surface area contributed by atoms with Gasteiger partial charge in [0.15, 0.2) is 12.2 Å². The molecule has 0 aliphatic rings. The van der Waals surface area contributed by atoms with Crippen LogP contribution in [0.5, 0.6) is 0 Å². The largest absolute Gasteiger partial charge is 0.472 e. The monoisotopic (exact) mass is 1470 g/mol. The molecule has 594 valence electrons. The van der Waals surface area contributed by atoms with Gasteiger partial charge in [-0.2, -0.15) is 0 Å². The van der Waals surface area contributed by atoms with Gasteiger partial charge in [-0.25, -0.2) is 9.13 Å². The van der Waals surface area contributed by atoms with Crippen LogP contribution >= 0.6 is 15.6 Å². The van der Waals surface area contributed by atoms with Gasteiger partial charge < -0.3 is 33.8 Å². The Morgan fingerprint density at radius 3 is 0.680 bits per heavy atom. The lowest BCUT2D eigenvalue weighted by molar-refractivity contribution is -0.161. The van der Waals surface area contributed by atoms with Crippen molar-refractivity contribution in [2.45, 2.75) is 445 Å². The topological polar surface area (TPSA) is 237 Å². The molecule has 2 unspecified atom stereocenters. The Bertz CT molecular complexity index is 1920. The number of esters is 4. The molecular weight excluding hydrogens is 1310 g/mol. The number of phosphoric ester groups is 2. The standard InChI is InChI=1S/C81H158O17P2/c1-7-9-11-13-15-17-19-20-21-22-23-24-25-26-27-32-35-41-47-53-59-65-80(85)97-76(70-92-79(84)64-58-52-46-40-34-31-29-28-30-33-37-43-49-55-61-73(3)4)71-95-99(87,88)93-67-75(82)68-94-100(89,90)96-72-77(69-91-78(83)63-57-51-45-39-18-16-14-12-10-8-2)98-81(86)66-60-54-48-42-36-38-44-50-56-62-74(5)6/h73-77,82H,7-72H2,1-6H3,(H,87,88)(H,89,90)/t75-,76-,77-/m1/s1. The Hall–Kier alpha value is -1.94. The summed E-state index contributed by atoms with van der Waals surface area (Å²) < 4.78 is 68.7. The van der Waals surface area contributed by atoms with E-state index >= 15 is 0 Å². The molecule has 0 amide bonds. The van der Waals surface area contributed by atoms with Crippen LogP contribution in [0, 0.1) is 11.8 Å². The molecule has 0 bridgehead atoms. The van der Waals surface area contributed by atoms with Crippen LogP contribution in [0.1, 0.15) is 427 Å². The summed E-state index contributed by atoms with van der Waals surface area (Å²) in [5.74, 6) is -0.575. The molecule has 0 aromatic carbocycles. The Labute approximate surface area is 613 Å². The van der Waals surface area contributed by atoms with Gasteiger partial charge in [-0.15, -0.1) is 0 Å². The highest BCUT2D eigenvalue weighted by Crippen LogP contribution is 2.45. The van der Waals surface area contributed by atoms with Crippen LogP contribution in [0.2, 0.25) is 0 Å². The lowest BCUT2D eigenvalue weighted by Gasteiger charge is -2.21. The Morgan fingerprint density at radius 1 is 0.270 bits per heavy atom. The van der Waals surface area contributed by atoms with Crippen molar-refractivity contribution < 1.29 is 80.2 Å². The zero-order chi connectivity index (χ0) is 73.5. The molecule has 0 heterocycles. The third-order valence-electron chi connectivity index (χ3n) is 19.0. The van der Waals surface area contributed by atoms with Crippen LogP contribution in [0.15, 0.2) is 0 Å². The predicted molar refractivity (Wildman–Crippen MR) is 409 cm³/mol. The number of ether oxygens (including phenoxy) is 4. The van der Waals surface area contributed by atoms with Crippen molar-refractivity contribution >= 4 is 39.5 Å². The van der Waals surface area contributed by atoms with Crippen molar-refractivity contribution in [2.75, 3.05) is 39.6 Å². The second-order valence-electron chi connectivity index (χ2n) is 30.1. The van der Waals surface area contributed by atoms with E-state index in [1.165, 1.54) is 244 Å². The van der Waals surface area contributed by atoms with E-state index in [1.807, 2.05) is 0 Å². The summed E-state index contributed by atoms with van der Waals surface area (Å²) in [6.45, 7) is 9.62. The van der Waals surface area contributed by atoms with Crippen molar-refractivity contribution in [2.24, 2.45) is 11.8 Å². The maximum Gasteiger partial charge on any atom is 0.472 e. The molecule has 19 heteroatoms. The first kappa shape index (κ1) is 98.1. The minimum atomic E-state index is -4.96. The average molecular weight is 1470 g/mol. The lowest BCUT2D eigenvalue weighted by atomic mass is 10.0. The SMILES string of the molecule is CCCCCCCCCCCCCCCCCCCCCCCC(=O)O[C@H](COC(=O)CCCCCCCCCCCCCCCCC(C)C)COP(=O)(O)OC[C@@H](O)COP(=O)(O)OC[C@@H](COC(=O)CCCCCCCCCCCC)OC(=O)CCCCCCCCCCCC(C)C. The van der Waals surface area contributed by atoms with Crippen molar-refractivity contribution in [1.29, 1.82) is 0 Å². The highest BCUT2D eigenvalue weighted by molar-refractivity contribution is 7.47. The van der Waals surface area contributed by atoms with Crippen LogP contribution < -0.4 is 0 Å². The molecule has 0 aromatic heterocycles. The summed E-state index contributed by atoms with van der Waals surface area (Å²) in [6, 6.07) is 0. The van der Waals surface area contributed by atoms with E-state index in [2.05, 4.69) is 41.5 Å². The molecule has 0 rings (SSSR count). The van der Waals surface area contributed by atoms with E-state index in [9.17, 15) is 43.2 Å². The second kappa shape index (κ2) is 72.6. The Morgan fingerprint density at radius 2 is 0.460 bits per heavy atom. The number of aliphatic hydroxyl groups is 1. The maximum atomic E-state index is 13.1. The number of aliphatic hydroxyl groups excluding tert-OH is 1. The molecule has 0 saturated carbocycles. The number of carbonyl (C=O) groups excluding carboxylic acids is 4. The Balaban J connectivity index is 5.21. The molecule has 0 saturated heterocycles. The first-order valence-electron chi connectivity index (χ1n) is 42.0. The lowest BCUT2D eigenvalue weighted by Crippen LogP contribution is -2.30. The van der Waals surface area contributed by atoms with Crippen LogP contribution in [-0.2, 0) is 65.4 Å². The normalized spacial score (nSPS) is 13.9. The smallest absolute Gasteiger partial charge is 0.462 e. The third-order valence-corrected chi connectivity index (χ3v) is 20.9. The van der Waals surface area contributed by atoms with Crippen LogP contribution in [0.4, 0.5) is 0 Å². The molecule has 100 heavy (non-hydrogen) atoms. The van der Waals surface area contributed by atoms with Gasteiger partial charge in [0, 0.05) is 25.7 Å². The molecule has 0 radical (unpaired) electrons. The van der Waals surface area contributed by atoms with Crippen LogP contribution in [0.25, 0.3) is 0 Å². The van der Waals surface area contributed by atoms with Gasteiger partial charge in [0.25, 0.3) is 0 Å². The van der Waals surface area contributed by atoms with Crippen molar-refractivity contribution in [3.63, 3.8) is 0 Å². The Kier molecular flexibility index (Phi) is 71.2. The summed E-state index contributed by atoms with van der Waals surface area (Å²) in [4.78, 5) is 73.0. The van der Waals surface area contributed by atoms with E-state index in [0.717, 1.165) is 102 Å². The molecule has 3 N–H and O–H groups in total. The van der Waals surface area contributed by atoms with Gasteiger partial charge in [-0.1, -0.05) is 375 Å². The first-order chi connectivity index (χ1) is 48.4. The summed E-state index contributed by atoms with van der Waals surface area (Å²) >= 11 is 0. The zero-order valence-corrected chi connectivity index (χ0v) is 67.3. The maximum absolute atomic E-state index is 13.1. The van der Waals surface area contributed by atoms with E-state index < -0.39 is 97.5 Å². The number of phosphoric acid groups is 2. The quantitative estimate of drug-likeness (QED) is 0.0222. The number of unbranched alkanes of at least 4 members (excludes halogenated alkanes) is 50. The van der Waals surface area contributed by atoms with Crippen molar-refractivity contribution in [3.8, 4) is 0 Å². The molecule has 0 fully saturated rings. The fourth-order valence-electron chi connectivity index (χ4n) is 12.5. The van der Waals surface area contributed by atoms with E-state index in [1.54, 1.807) is 0 Å². The fraction of sp³-hybridized carbons (Fsp3) is 0.951.